The number of rotatable bonds is 6. The van der Waals surface area contributed by atoms with Crippen LogP contribution in [0.1, 0.15) is 30.2 Å². The molecule has 6 heteroatoms. The molecule has 6 nitrogen and oxygen atoms in total. The lowest BCUT2D eigenvalue weighted by atomic mass is 10.1. The summed E-state index contributed by atoms with van der Waals surface area (Å²) in [4.78, 5) is 8.64. The third-order valence-electron chi connectivity index (χ3n) is 3.24. The molecule has 0 saturated heterocycles. The van der Waals surface area contributed by atoms with Gasteiger partial charge in [0.15, 0.2) is 0 Å². The van der Waals surface area contributed by atoms with E-state index in [4.69, 9.17) is 0 Å². The van der Waals surface area contributed by atoms with Crippen LogP contribution >= 0.6 is 0 Å². The Morgan fingerprint density at radius 2 is 2.00 bits per heavy atom. The molecule has 2 N–H and O–H groups in total. The number of hydrogen-bond donors (Lipinski definition) is 2. The zero-order chi connectivity index (χ0) is 14.5. The Morgan fingerprint density at radius 3 is 2.60 bits per heavy atom. The van der Waals surface area contributed by atoms with Crippen LogP contribution in [0, 0.1) is 6.92 Å². The lowest BCUT2D eigenvalue weighted by Crippen LogP contribution is -2.08. The van der Waals surface area contributed by atoms with Crippen molar-refractivity contribution in [3.8, 4) is 0 Å². The molecule has 0 amide bonds. The van der Waals surface area contributed by atoms with E-state index in [1.165, 1.54) is 5.56 Å². The largest absolute Gasteiger partial charge is 0.373 e. The number of aryl methyl sites for hydroxylation is 2. The van der Waals surface area contributed by atoms with Crippen molar-refractivity contribution in [1.29, 1.82) is 0 Å². The second-order valence-corrected chi connectivity index (χ2v) is 4.82. The number of nitrogens with one attached hydrogen (secondary N) is 2. The second kappa shape index (κ2) is 6.36. The van der Waals surface area contributed by atoms with E-state index in [9.17, 15) is 0 Å². The summed E-state index contributed by atoms with van der Waals surface area (Å²) >= 11 is 0. The van der Waals surface area contributed by atoms with E-state index in [1.54, 1.807) is 6.33 Å². The van der Waals surface area contributed by atoms with Gasteiger partial charge in [-0.25, -0.2) is 9.97 Å². The van der Waals surface area contributed by atoms with E-state index in [0.717, 1.165) is 42.3 Å². The standard InChI is InChI=1S/C14H22N6/c1-5-6-12-13(15-3)17-9-18-14(12)16-7-11-8-20(4)19-10(11)2/h8-9H,5-7H2,1-4H3,(H2,15,16,17,18). The van der Waals surface area contributed by atoms with Crippen LogP contribution < -0.4 is 10.6 Å². The Kier molecular flexibility index (Phi) is 4.55. The van der Waals surface area contributed by atoms with E-state index in [0.29, 0.717) is 0 Å². The molecule has 2 heterocycles. The quantitative estimate of drug-likeness (QED) is 0.844. The molecule has 2 aromatic heterocycles. The molecule has 0 aliphatic rings. The predicted octanol–water partition coefficient (Wildman–Crippen LogP) is 2.12. The van der Waals surface area contributed by atoms with Crippen molar-refractivity contribution >= 4 is 11.6 Å². The van der Waals surface area contributed by atoms with Gasteiger partial charge in [-0.3, -0.25) is 4.68 Å². The summed E-state index contributed by atoms with van der Waals surface area (Å²) in [5.74, 6) is 1.79. The molecule has 0 radical (unpaired) electrons. The van der Waals surface area contributed by atoms with Crippen LogP contribution in [-0.4, -0.2) is 26.8 Å². The molecule has 0 aliphatic carbocycles. The zero-order valence-corrected chi connectivity index (χ0v) is 12.6. The van der Waals surface area contributed by atoms with Gasteiger partial charge in [0.2, 0.25) is 0 Å². The first kappa shape index (κ1) is 14.3. The smallest absolute Gasteiger partial charge is 0.134 e. The Balaban J connectivity index is 2.18. The summed E-state index contributed by atoms with van der Waals surface area (Å²) in [7, 11) is 3.82. The molecule has 2 rings (SSSR count). The van der Waals surface area contributed by atoms with Gasteiger partial charge < -0.3 is 10.6 Å². The van der Waals surface area contributed by atoms with Crippen LogP contribution in [0.4, 0.5) is 11.6 Å². The first-order valence-electron chi connectivity index (χ1n) is 6.90. The lowest BCUT2D eigenvalue weighted by molar-refractivity contribution is 0.756. The Morgan fingerprint density at radius 1 is 1.25 bits per heavy atom. The van der Waals surface area contributed by atoms with E-state index < -0.39 is 0 Å². The highest BCUT2D eigenvalue weighted by Gasteiger charge is 2.10. The summed E-state index contributed by atoms with van der Waals surface area (Å²) in [5, 5.41) is 10.9. The molecule has 0 saturated carbocycles. The van der Waals surface area contributed by atoms with Crippen LogP contribution in [0.25, 0.3) is 0 Å². The van der Waals surface area contributed by atoms with Gasteiger partial charge in [0.05, 0.1) is 5.69 Å². The fraction of sp³-hybridized carbons (Fsp3) is 0.500. The minimum Gasteiger partial charge on any atom is -0.373 e. The maximum atomic E-state index is 4.37. The molecule has 0 aromatic carbocycles. The molecule has 2 aromatic rings. The van der Waals surface area contributed by atoms with Gasteiger partial charge in [0.25, 0.3) is 0 Å². The molecule has 0 bridgehead atoms. The van der Waals surface area contributed by atoms with Gasteiger partial charge in [-0.1, -0.05) is 13.3 Å². The fourth-order valence-corrected chi connectivity index (χ4v) is 2.27. The van der Waals surface area contributed by atoms with Crippen molar-refractivity contribution in [3.05, 3.63) is 29.3 Å². The maximum Gasteiger partial charge on any atom is 0.134 e. The Hall–Kier alpha value is -2.11. The molecular weight excluding hydrogens is 252 g/mol. The molecule has 108 valence electrons. The summed E-state index contributed by atoms with van der Waals surface area (Å²) < 4.78 is 1.83. The van der Waals surface area contributed by atoms with Gasteiger partial charge >= 0.3 is 0 Å². The van der Waals surface area contributed by atoms with Gasteiger partial charge in [0, 0.05) is 38.0 Å². The third-order valence-corrected chi connectivity index (χ3v) is 3.24. The highest BCUT2D eigenvalue weighted by Crippen LogP contribution is 2.22. The molecular formula is C14H22N6. The Bertz CT molecular complexity index is 575. The predicted molar refractivity (Wildman–Crippen MR) is 80.8 cm³/mol. The molecule has 0 aliphatic heterocycles. The van der Waals surface area contributed by atoms with Crippen LogP contribution in [0.2, 0.25) is 0 Å². The lowest BCUT2D eigenvalue weighted by Gasteiger charge is -2.13. The van der Waals surface area contributed by atoms with Crippen molar-refractivity contribution in [2.45, 2.75) is 33.2 Å². The van der Waals surface area contributed by atoms with E-state index in [1.807, 2.05) is 31.9 Å². The third kappa shape index (κ3) is 3.07. The fourth-order valence-electron chi connectivity index (χ4n) is 2.27. The molecule has 0 unspecified atom stereocenters. The summed E-state index contributed by atoms with van der Waals surface area (Å²) in [6.45, 7) is 4.89. The van der Waals surface area contributed by atoms with Crippen LogP contribution in [-0.2, 0) is 20.0 Å². The molecule has 0 fully saturated rings. The monoisotopic (exact) mass is 274 g/mol. The SMILES string of the molecule is CCCc1c(NC)ncnc1NCc1cn(C)nc1C. The second-order valence-electron chi connectivity index (χ2n) is 4.82. The van der Waals surface area contributed by atoms with Crippen molar-refractivity contribution < 1.29 is 0 Å². The number of aromatic nitrogens is 4. The average molecular weight is 274 g/mol. The summed E-state index contributed by atoms with van der Waals surface area (Å²) in [5.41, 5.74) is 3.36. The van der Waals surface area contributed by atoms with Crippen LogP contribution in [0.5, 0.6) is 0 Å². The van der Waals surface area contributed by atoms with Crippen molar-refractivity contribution in [2.75, 3.05) is 17.7 Å². The first-order valence-corrected chi connectivity index (χ1v) is 6.90. The van der Waals surface area contributed by atoms with Gasteiger partial charge in [-0.2, -0.15) is 5.10 Å². The molecule has 0 atom stereocenters. The van der Waals surface area contributed by atoms with E-state index >= 15 is 0 Å². The van der Waals surface area contributed by atoms with E-state index in [-0.39, 0.29) is 0 Å². The maximum absolute atomic E-state index is 4.37. The molecule has 20 heavy (non-hydrogen) atoms. The minimum atomic E-state index is 0.719. The highest BCUT2D eigenvalue weighted by molar-refractivity contribution is 5.57. The van der Waals surface area contributed by atoms with Crippen molar-refractivity contribution in [1.82, 2.24) is 19.7 Å². The minimum absolute atomic E-state index is 0.719. The first-order chi connectivity index (χ1) is 9.65. The zero-order valence-electron chi connectivity index (χ0n) is 12.6. The molecule has 0 spiro atoms. The number of nitrogens with zero attached hydrogens (tertiary/aromatic N) is 4. The van der Waals surface area contributed by atoms with E-state index in [2.05, 4.69) is 32.6 Å². The van der Waals surface area contributed by atoms with Gasteiger partial charge in [-0.05, 0) is 13.3 Å². The summed E-state index contributed by atoms with van der Waals surface area (Å²) in [6, 6.07) is 0. The number of hydrogen-bond acceptors (Lipinski definition) is 5. The number of anilines is 2. The van der Waals surface area contributed by atoms with Crippen molar-refractivity contribution in [2.24, 2.45) is 7.05 Å². The van der Waals surface area contributed by atoms with Crippen LogP contribution in [0.15, 0.2) is 12.5 Å². The Labute approximate surface area is 119 Å². The highest BCUT2D eigenvalue weighted by atomic mass is 15.3. The van der Waals surface area contributed by atoms with Gasteiger partial charge in [-0.15, -0.1) is 0 Å². The summed E-state index contributed by atoms with van der Waals surface area (Å²) in [6.07, 6.45) is 5.62. The van der Waals surface area contributed by atoms with Crippen LogP contribution in [0.3, 0.4) is 0 Å². The normalized spacial score (nSPS) is 10.6. The topological polar surface area (TPSA) is 67.7 Å². The van der Waals surface area contributed by atoms with Gasteiger partial charge in [0.1, 0.15) is 18.0 Å². The average Bonchev–Trinajstić information content (AvgIpc) is 2.76. The van der Waals surface area contributed by atoms with Crippen molar-refractivity contribution in [3.63, 3.8) is 0 Å².